The van der Waals surface area contributed by atoms with Gasteiger partial charge in [0.05, 0.1) is 11.2 Å². The molecule has 1 fully saturated rings. The van der Waals surface area contributed by atoms with Crippen LogP contribution >= 0.6 is 11.3 Å². The van der Waals surface area contributed by atoms with Gasteiger partial charge in [0.1, 0.15) is 16.6 Å². The fraction of sp³-hybridized carbons (Fsp3) is 0.261. The quantitative estimate of drug-likeness (QED) is 0.451. The highest BCUT2D eigenvalue weighted by atomic mass is 32.2. The Balaban J connectivity index is 1.35. The molecular formula is C23H22N4O4S2. The molecule has 1 saturated heterocycles. The Morgan fingerprint density at radius 3 is 2.76 bits per heavy atom. The van der Waals surface area contributed by atoms with E-state index >= 15 is 0 Å². The predicted octanol–water partition coefficient (Wildman–Crippen LogP) is 4.44. The number of nitrogens with zero attached hydrogens (tertiary/aromatic N) is 3. The van der Waals surface area contributed by atoms with Crippen molar-refractivity contribution in [3.8, 4) is 10.6 Å². The molecule has 33 heavy (non-hydrogen) atoms. The van der Waals surface area contributed by atoms with Crippen LogP contribution in [0.2, 0.25) is 0 Å². The molecule has 10 heteroatoms. The van der Waals surface area contributed by atoms with Crippen molar-refractivity contribution >= 4 is 43.4 Å². The number of amides is 1. The smallest absolute Gasteiger partial charge is 0.244 e. The maximum atomic E-state index is 13.3. The maximum Gasteiger partial charge on any atom is 0.244 e. The van der Waals surface area contributed by atoms with Gasteiger partial charge in [-0.05, 0) is 56.2 Å². The molecule has 1 aliphatic heterocycles. The fourth-order valence-electron chi connectivity index (χ4n) is 3.98. The minimum Gasteiger partial charge on any atom is -0.464 e. The number of hydrogen-bond acceptors (Lipinski definition) is 7. The van der Waals surface area contributed by atoms with Crippen molar-refractivity contribution in [2.24, 2.45) is 0 Å². The molecule has 1 atom stereocenters. The van der Waals surface area contributed by atoms with Gasteiger partial charge in [-0.25, -0.2) is 8.42 Å². The lowest BCUT2D eigenvalue weighted by atomic mass is 10.0. The van der Waals surface area contributed by atoms with Crippen LogP contribution in [0.25, 0.3) is 21.5 Å². The summed E-state index contributed by atoms with van der Waals surface area (Å²) in [4.78, 5) is 13.3. The van der Waals surface area contributed by atoms with Crippen molar-refractivity contribution in [1.29, 1.82) is 0 Å². The molecule has 0 saturated carbocycles. The minimum absolute atomic E-state index is 0.195. The Kier molecular flexibility index (Phi) is 5.73. The van der Waals surface area contributed by atoms with Gasteiger partial charge < -0.3 is 4.42 Å². The third-order valence-corrected chi connectivity index (χ3v) is 8.55. The number of hydrogen-bond donors (Lipinski definition) is 1. The number of rotatable bonds is 5. The van der Waals surface area contributed by atoms with Crippen LogP contribution < -0.4 is 5.32 Å². The van der Waals surface area contributed by atoms with Crippen molar-refractivity contribution in [1.82, 2.24) is 14.5 Å². The number of fused-ring (bicyclic) bond motifs is 1. The molecular weight excluding hydrogens is 460 g/mol. The summed E-state index contributed by atoms with van der Waals surface area (Å²) in [6, 6.07) is 13.5. The summed E-state index contributed by atoms with van der Waals surface area (Å²) >= 11 is 1.24. The first kappa shape index (κ1) is 21.7. The molecule has 1 N–H and O–H groups in total. The third-order valence-electron chi connectivity index (χ3n) is 5.74. The lowest BCUT2D eigenvalue weighted by molar-refractivity contribution is -0.120. The van der Waals surface area contributed by atoms with Crippen molar-refractivity contribution in [2.75, 3.05) is 11.9 Å². The first-order valence-corrected chi connectivity index (χ1v) is 12.9. The zero-order valence-corrected chi connectivity index (χ0v) is 19.5. The molecule has 3 heterocycles. The number of piperidine rings is 1. The molecule has 0 radical (unpaired) electrons. The van der Waals surface area contributed by atoms with Gasteiger partial charge in [0.15, 0.2) is 0 Å². The first-order chi connectivity index (χ1) is 15.9. The Labute approximate surface area is 195 Å². The highest BCUT2D eigenvalue weighted by molar-refractivity contribution is 7.89. The Morgan fingerprint density at radius 2 is 1.94 bits per heavy atom. The minimum atomic E-state index is -3.79. The Bertz CT molecular complexity index is 1410. The van der Waals surface area contributed by atoms with Gasteiger partial charge in [-0.3, -0.25) is 10.1 Å². The molecule has 8 nitrogen and oxygen atoms in total. The van der Waals surface area contributed by atoms with Crippen LogP contribution in [0, 0.1) is 6.92 Å². The van der Waals surface area contributed by atoms with Crippen molar-refractivity contribution in [3.63, 3.8) is 0 Å². The monoisotopic (exact) mass is 482 g/mol. The number of benzene rings is 2. The van der Waals surface area contributed by atoms with E-state index in [1.54, 1.807) is 30.5 Å². The van der Waals surface area contributed by atoms with Crippen molar-refractivity contribution in [3.05, 3.63) is 60.4 Å². The molecule has 1 aliphatic rings. The molecule has 170 valence electrons. The van der Waals surface area contributed by atoms with Crippen LogP contribution in [-0.4, -0.2) is 41.4 Å². The molecule has 4 aromatic rings. The molecule has 0 spiro atoms. The van der Waals surface area contributed by atoms with Crippen LogP contribution in [0.15, 0.2) is 64.1 Å². The summed E-state index contributed by atoms with van der Waals surface area (Å²) < 4.78 is 33.2. The largest absolute Gasteiger partial charge is 0.464 e. The van der Waals surface area contributed by atoms with Crippen LogP contribution in [0.1, 0.15) is 24.8 Å². The molecule has 2 aromatic carbocycles. The average molecular weight is 483 g/mol. The van der Waals surface area contributed by atoms with E-state index in [9.17, 15) is 13.2 Å². The second-order valence-electron chi connectivity index (χ2n) is 8.02. The highest BCUT2D eigenvalue weighted by Crippen LogP contribution is 2.31. The van der Waals surface area contributed by atoms with Crippen LogP contribution in [0.3, 0.4) is 0 Å². The van der Waals surface area contributed by atoms with Crippen LogP contribution in [-0.2, 0) is 14.8 Å². The highest BCUT2D eigenvalue weighted by Gasteiger charge is 2.38. The van der Waals surface area contributed by atoms with Gasteiger partial charge in [0, 0.05) is 17.5 Å². The van der Waals surface area contributed by atoms with Gasteiger partial charge in [-0.15, -0.1) is 10.2 Å². The summed E-state index contributed by atoms with van der Waals surface area (Å²) in [5.41, 5.74) is 2.62. The normalized spacial score (nSPS) is 17.3. The number of nitrogens with one attached hydrogen (secondary N) is 1. The van der Waals surface area contributed by atoms with Gasteiger partial charge in [0.25, 0.3) is 0 Å². The molecule has 5 rings (SSSR count). The van der Waals surface area contributed by atoms with Gasteiger partial charge in [-0.2, -0.15) is 4.31 Å². The van der Waals surface area contributed by atoms with E-state index in [1.807, 2.05) is 31.2 Å². The van der Waals surface area contributed by atoms with E-state index in [1.165, 1.54) is 15.6 Å². The zero-order valence-electron chi connectivity index (χ0n) is 17.9. The predicted molar refractivity (Wildman–Crippen MR) is 126 cm³/mol. The summed E-state index contributed by atoms with van der Waals surface area (Å²) in [5.74, 6) is -0.390. The third kappa shape index (κ3) is 4.29. The number of sulfonamides is 1. The van der Waals surface area contributed by atoms with Crippen LogP contribution in [0.5, 0.6) is 0 Å². The number of aryl methyl sites for hydroxylation is 1. The molecule has 0 bridgehead atoms. The lowest BCUT2D eigenvalue weighted by Gasteiger charge is -2.33. The number of carbonyl (C=O) groups is 1. The Morgan fingerprint density at radius 1 is 1.12 bits per heavy atom. The van der Waals surface area contributed by atoms with E-state index < -0.39 is 22.0 Å². The van der Waals surface area contributed by atoms with E-state index in [-0.39, 0.29) is 4.90 Å². The zero-order chi connectivity index (χ0) is 23.0. The van der Waals surface area contributed by atoms with E-state index in [0.29, 0.717) is 29.5 Å². The molecule has 2 aromatic heterocycles. The first-order valence-electron chi connectivity index (χ1n) is 10.6. The molecule has 0 aliphatic carbocycles. The second kappa shape index (κ2) is 8.69. The second-order valence-corrected chi connectivity index (χ2v) is 10.9. The summed E-state index contributed by atoms with van der Waals surface area (Å²) in [6.45, 7) is 2.21. The number of furan rings is 1. The number of anilines is 1. The van der Waals surface area contributed by atoms with E-state index in [2.05, 4.69) is 15.5 Å². The SMILES string of the molecule is Cc1ccc(S(=O)(=O)N2CCCC[C@@H]2C(=O)Nc2nnc(-c3ccc4occc4c3)s2)cc1. The van der Waals surface area contributed by atoms with Gasteiger partial charge in [-0.1, -0.05) is 35.5 Å². The van der Waals surface area contributed by atoms with E-state index in [4.69, 9.17) is 4.42 Å². The standard InChI is InChI=1S/C23H22N4O4S2/c1-15-5-8-18(9-6-15)33(29,30)27-12-3-2-4-19(27)21(28)24-23-26-25-22(32-23)17-7-10-20-16(14-17)11-13-31-20/h5-11,13-14,19H,2-4,12H2,1H3,(H,24,26,28)/t19-/m1/s1. The maximum absolute atomic E-state index is 13.3. The van der Waals surface area contributed by atoms with Crippen molar-refractivity contribution < 1.29 is 17.6 Å². The topological polar surface area (TPSA) is 105 Å². The summed E-state index contributed by atoms with van der Waals surface area (Å²) in [7, 11) is -3.79. The Hall–Kier alpha value is -3.08. The lowest BCUT2D eigenvalue weighted by Crippen LogP contribution is -2.49. The van der Waals surface area contributed by atoms with Gasteiger partial charge >= 0.3 is 0 Å². The summed E-state index contributed by atoms with van der Waals surface area (Å²) in [5, 5.41) is 13.0. The van der Waals surface area contributed by atoms with E-state index in [0.717, 1.165) is 28.5 Å². The summed E-state index contributed by atoms with van der Waals surface area (Å²) in [6.07, 6.45) is 3.58. The molecule has 1 amide bonds. The number of carbonyl (C=O) groups excluding carboxylic acids is 1. The number of aromatic nitrogens is 2. The average Bonchev–Trinajstić information content (AvgIpc) is 3.48. The van der Waals surface area contributed by atoms with Crippen molar-refractivity contribution in [2.45, 2.75) is 37.1 Å². The van der Waals surface area contributed by atoms with Crippen LogP contribution in [0.4, 0.5) is 5.13 Å². The molecule has 0 unspecified atom stereocenters. The van der Waals surface area contributed by atoms with Gasteiger partial charge in [0.2, 0.25) is 21.1 Å². The fourth-order valence-corrected chi connectivity index (χ4v) is 6.38.